The topological polar surface area (TPSA) is 168 Å². The number of nitrogens with one attached hydrogen (secondary N) is 3. The summed E-state index contributed by atoms with van der Waals surface area (Å²) >= 11 is 0. The number of carboxylic acid groups (broad SMARTS) is 1. The van der Waals surface area contributed by atoms with E-state index in [0.717, 1.165) is 6.92 Å². The molecule has 2 rings (SSSR count). The summed E-state index contributed by atoms with van der Waals surface area (Å²) in [4.78, 5) is 71.7. The van der Waals surface area contributed by atoms with Gasteiger partial charge in [0.15, 0.2) is 29.0 Å². The smallest absolute Gasteiger partial charge is 0.313 e. The Morgan fingerprint density at radius 3 is 2.00 bits per heavy atom. The number of amides is 3. The molecule has 0 aliphatic carbocycles. The molecule has 2 aromatic rings. The fraction of sp³-hybridized carbons (Fsp3) is 0.280. The number of rotatable bonds is 12. The van der Waals surface area contributed by atoms with Gasteiger partial charge in [0.1, 0.15) is 12.6 Å². The van der Waals surface area contributed by atoms with Crippen molar-refractivity contribution in [3.8, 4) is 5.75 Å². The molecule has 15 heteroatoms. The fourth-order valence-corrected chi connectivity index (χ4v) is 3.10. The minimum Gasteiger partial charge on any atom is -0.481 e. The molecule has 0 fully saturated rings. The number of anilines is 1. The third kappa shape index (κ3) is 8.61. The van der Waals surface area contributed by atoms with Gasteiger partial charge in [-0.2, -0.15) is 8.78 Å². The average Bonchev–Trinajstić information content (AvgIpc) is 2.89. The van der Waals surface area contributed by atoms with Crippen LogP contribution in [-0.4, -0.2) is 59.1 Å². The average molecular weight is 569 g/mol. The van der Waals surface area contributed by atoms with Crippen molar-refractivity contribution in [3.63, 3.8) is 0 Å². The molecule has 0 saturated heterocycles. The Morgan fingerprint density at radius 1 is 0.900 bits per heavy atom. The third-order valence-electron chi connectivity index (χ3n) is 5.28. The summed E-state index contributed by atoms with van der Waals surface area (Å²) in [6, 6.07) is 2.43. The second-order valence-electron chi connectivity index (χ2n) is 8.33. The minimum atomic E-state index is -1.91. The predicted molar refractivity (Wildman–Crippen MR) is 128 cm³/mol. The molecule has 3 amide bonds. The van der Waals surface area contributed by atoms with Crippen LogP contribution >= 0.6 is 0 Å². The standard InChI is InChI=1S/C25H23F4N3O8/c1-11(30-24(38)25(39)31-14-5-3-13(4-6-14)12(2)33)23(37)32-17(7-8-19(35)36)18(34)10-40-22-20(28)15(26)9-16(27)21(22)29/h3-6,9,11,17H,7-8,10H2,1-2H3,(H,30,38)(H,31,39)(H,32,37)(H,35,36). The van der Waals surface area contributed by atoms with Crippen LogP contribution in [0.25, 0.3) is 0 Å². The Balaban J connectivity index is 2.02. The van der Waals surface area contributed by atoms with Crippen LogP contribution in [0.1, 0.15) is 37.0 Å². The minimum absolute atomic E-state index is 0.0740. The Morgan fingerprint density at radius 2 is 1.48 bits per heavy atom. The van der Waals surface area contributed by atoms with Crippen LogP contribution < -0.4 is 20.7 Å². The third-order valence-corrected chi connectivity index (χ3v) is 5.28. The van der Waals surface area contributed by atoms with E-state index in [9.17, 15) is 46.3 Å². The number of aliphatic carboxylic acids is 1. The second kappa shape index (κ2) is 13.8. The molecular weight excluding hydrogens is 546 g/mol. The van der Waals surface area contributed by atoms with Gasteiger partial charge < -0.3 is 25.8 Å². The highest BCUT2D eigenvalue weighted by Crippen LogP contribution is 2.26. The van der Waals surface area contributed by atoms with Gasteiger partial charge >= 0.3 is 17.8 Å². The fourth-order valence-electron chi connectivity index (χ4n) is 3.10. The van der Waals surface area contributed by atoms with Gasteiger partial charge in [-0.1, -0.05) is 0 Å². The van der Waals surface area contributed by atoms with E-state index in [1.165, 1.54) is 31.2 Å². The lowest BCUT2D eigenvalue weighted by Gasteiger charge is -2.20. The molecule has 214 valence electrons. The summed E-state index contributed by atoms with van der Waals surface area (Å²) in [6.45, 7) is 1.26. The summed E-state index contributed by atoms with van der Waals surface area (Å²) in [5.41, 5.74) is 0.538. The number of hydrogen-bond donors (Lipinski definition) is 4. The van der Waals surface area contributed by atoms with Crippen molar-refractivity contribution in [1.82, 2.24) is 10.6 Å². The molecule has 2 atom stereocenters. The molecule has 0 saturated carbocycles. The summed E-state index contributed by atoms with van der Waals surface area (Å²) < 4.78 is 58.9. The molecule has 0 aromatic heterocycles. The van der Waals surface area contributed by atoms with Crippen LogP contribution in [0, 0.1) is 23.3 Å². The predicted octanol–water partition coefficient (Wildman–Crippen LogP) is 1.89. The highest BCUT2D eigenvalue weighted by molar-refractivity contribution is 6.40. The summed E-state index contributed by atoms with van der Waals surface area (Å²) in [5, 5.41) is 15.4. The monoisotopic (exact) mass is 569 g/mol. The maximum absolute atomic E-state index is 13.8. The first-order valence-electron chi connectivity index (χ1n) is 11.4. The van der Waals surface area contributed by atoms with E-state index in [-0.39, 0.29) is 17.5 Å². The zero-order chi connectivity index (χ0) is 30.1. The number of ether oxygens (including phenoxy) is 1. The lowest BCUT2D eigenvalue weighted by atomic mass is 10.1. The molecule has 2 unspecified atom stereocenters. The first-order chi connectivity index (χ1) is 18.7. The number of Topliss-reactive ketones (excluding diaryl/α,β-unsaturated/α-hetero) is 2. The molecule has 0 aliphatic rings. The maximum Gasteiger partial charge on any atom is 0.313 e. The summed E-state index contributed by atoms with van der Waals surface area (Å²) in [5.74, 6) is -15.1. The van der Waals surface area contributed by atoms with Gasteiger partial charge in [0.25, 0.3) is 0 Å². The van der Waals surface area contributed by atoms with Crippen molar-refractivity contribution in [2.24, 2.45) is 0 Å². The largest absolute Gasteiger partial charge is 0.481 e. The van der Waals surface area contributed by atoms with Crippen molar-refractivity contribution < 1.29 is 56.2 Å². The van der Waals surface area contributed by atoms with Crippen molar-refractivity contribution in [3.05, 3.63) is 59.2 Å². The van der Waals surface area contributed by atoms with Gasteiger partial charge in [0.2, 0.25) is 17.5 Å². The lowest BCUT2D eigenvalue weighted by molar-refractivity contribution is -0.139. The Kier molecular flexibility index (Phi) is 10.8. The molecule has 0 spiro atoms. The molecule has 2 aromatic carbocycles. The molecule has 0 aliphatic heterocycles. The van der Waals surface area contributed by atoms with Gasteiger partial charge in [-0.05, 0) is 44.5 Å². The van der Waals surface area contributed by atoms with Crippen LogP contribution in [0.3, 0.4) is 0 Å². The van der Waals surface area contributed by atoms with Crippen molar-refractivity contribution in [1.29, 1.82) is 0 Å². The Hall–Kier alpha value is -4.82. The van der Waals surface area contributed by atoms with Gasteiger partial charge in [-0.3, -0.25) is 28.8 Å². The van der Waals surface area contributed by atoms with Gasteiger partial charge in [-0.15, -0.1) is 0 Å². The normalized spacial score (nSPS) is 12.1. The van der Waals surface area contributed by atoms with Crippen molar-refractivity contribution in [2.45, 2.75) is 38.8 Å². The molecule has 0 heterocycles. The van der Waals surface area contributed by atoms with E-state index >= 15 is 0 Å². The van der Waals surface area contributed by atoms with Gasteiger partial charge in [-0.25, -0.2) is 8.78 Å². The summed E-state index contributed by atoms with van der Waals surface area (Å²) in [6.07, 6.45) is -1.18. The maximum atomic E-state index is 13.8. The van der Waals surface area contributed by atoms with Gasteiger partial charge in [0, 0.05) is 23.7 Å². The summed E-state index contributed by atoms with van der Waals surface area (Å²) in [7, 11) is 0. The van der Waals surface area contributed by atoms with E-state index in [2.05, 4.69) is 20.7 Å². The van der Waals surface area contributed by atoms with Crippen LogP contribution in [-0.2, 0) is 24.0 Å². The van der Waals surface area contributed by atoms with Gasteiger partial charge in [0.05, 0.1) is 6.04 Å². The quantitative estimate of drug-likeness (QED) is 0.130. The highest BCUT2D eigenvalue weighted by atomic mass is 19.2. The first kappa shape index (κ1) is 31.4. The van der Waals surface area contributed by atoms with E-state index < -0.39 is 90.0 Å². The molecule has 40 heavy (non-hydrogen) atoms. The molecule has 0 bridgehead atoms. The molecular formula is C25H23F4N3O8. The highest BCUT2D eigenvalue weighted by Gasteiger charge is 2.28. The number of carbonyl (C=O) groups is 6. The first-order valence-corrected chi connectivity index (χ1v) is 11.4. The van der Waals surface area contributed by atoms with E-state index in [4.69, 9.17) is 5.11 Å². The van der Waals surface area contributed by atoms with E-state index in [1.54, 1.807) is 0 Å². The van der Waals surface area contributed by atoms with Crippen LogP contribution in [0.15, 0.2) is 30.3 Å². The van der Waals surface area contributed by atoms with Crippen molar-refractivity contribution >= 4 is 40.9 Å². The van der Waals surface area contributed by atoms with Crippen LogP contribution in [0.5, 0.6) is 5.75 Å². The SMILES string of the molecule is CC(=O)c1ccc(NC(=O)C(=O)NC(C)C(=O)NC(CCC(=O)O)C(=O)COc2c(F)c(F)cc(F)c2F)cc1. The van der Waals surface area contributed by atoms with Crippen molar-refractivity contribution in [2.75, 3.05) is 11.9 Å². The Labute approximate surface area is 223 Å². The number of halogens is 4. The van der Waals surface area contributed by atoms with E-state index in [1.807, 2.05) is 0 Å². The number of carboxylic acids is 1. The second-order valence-corrected chi connectivity index (χ2v) is 8.33. The molecule has 0 radical (unpaired) electrons. The zero-order valence-corrected chi connectivity index (χ0v) is 21.0. The molecule has 4 N–H and O–H groups in total. The Bertz CT molecular complexity index is 1310. The lowest BCUT2D eigenvalue weighted by Crippen LogP contribution is -2.52. The number of carbonyl (C=O) groups excluding carboxylic acids is 5. The van der Waals surface area contributed by atoms with E-state index in [0.29, 0.717) is 5.56 Å². The molecule has 11 nitrogen and oxygen atoms in total. The zero-order valence-electron chi connectivity index (χ0n) is 21.0. The number of hydrogen-bond acceptors (Lipinski definition) is 7. The number of benzene rings is 2. The number of ketones is 2. The van der Waals surface area contributed by atoms with Crippen LogP contribution in [0.4, 0.5) is 23.2 Å². The van der Waals surface area contributed by atoms with Crippen LogP contribution in [0.2, 0.25) is 0 Å².